The summed E-state index contributed by atoms with van der Waals surface area (Å²) in [5.74, 6) is 0.318. The van der Waals surface area contributed by atoms with Crippen molar-refractivity contribution in [2.45, 2.75) is 6.92 Å². The maximum absolute atomic E-state index is 10.8. The Labute approximate surface area is 95.1 Å². The average Bonchev–Trinajstić information content (AvgIpc) is 2.04. The fraction of sp³-hybridized carbons (Fsp3) is 0.250. The second kappa shape index (κ2) is 7.55. The van der Waals surface area contributed by atoms with Crippen LogP contribution in [0.15, 0.2) is 18.2 Å². The van der Waals surface area contributed by atoms with Crippen molar-refractivity contribution in [1.82, 2.24) is 4.98 Å². The van der Waals surface area contributed by atoms with Crippen LogP contribution in [0, 0.1) is 6.92 Å². The fourth-order valence-corrected chi connectivity index (χ4v) is 0.807. The zero-order chi connectivity index (χ0) is 8.97. The molecule has 1 rings (SSSR count). The van der Waals surface area contributed by atoms with Gasteiger partial charge < -0.3 is 11.1 Å². The Kier molecular flexibility index (Phi) is 8.43. The largest absolute Gasteiger partial charge is 0.322 e. The first-order chi connectivity index (χ1) is 5.72. The molecule has 0 aliphatic carbocycles. The molecule has 0 fully saturated rings. The van der Waals surface area contributed by atoms with E-state index in [4.69, 9.17) is 5.73 Å². The SMILES string of the molecule is Cc1cccc(NC(=O)CN)n1.Cl.Cl. The number of amides is 1. The summed E-state index contributed by atoms with van der Waals surface area (Å²) in [5, 5.41) is 2.56. The summed E-state index contributed by atoms with van der Waals surface area (Å²) in [4.78, 5) is 14.9. The maximum Gasteiger partial charge on any atom is 0.239 e. The number of halogens is 2. The lowest BCUT2D eigenvalue weighted by molar-refractivity contribution is -0.114. The molecule has 0 aromatic carbocycles. The van der Waals surface area contributed by atoms with Gasteiger partial charge in [0.05, 0.1) is 6.54 Å². The van der Waals surface area contributed by atoms with E-state index in [1.807, 2.05) is 19.1 Å². The molecule has 1 aromatic heterocycles. The molecule has 0 atom stereocenters. The van der Waals surface area contributed by atoms with E-state index in [1.165, 1.54) is 0 Å². The van der Waals surface area contributed by atoms with Gasteiger partial charge in [0.15, 0.2) is 0 Å². The Hall–Kier alpha value is -0.840. The molecular formula is C8H13Cl2N3O. The molecule has 80 valence electrons. The lowest BCUT2D eigenvalue weighted by Crippen LogP contribution is -2.22. The molecule has 0 radical (unpaired) electrons. The summed E-state index contributed by atoms with van der Waals surface area (Å²) >= 11 is 0. The van der Waals surface area contributed by atoms with Gasteiger partial charge in [0.25, 0.3) is 0 Å². The summed E-state index contributed by atoms with van der Waals surface area (Å²) in [7, 11) is 0. The van der Waals surface area contributed by atoms with Gasteiger partial charge in [-0.15, -0.1) is 24.8 Å². The highest BCUT2D eigenvalue weighted by molar-refractivity contribution is 5.91. The third-order valence-corrected chi connectivity index (χ3v) is 1.34. The number of rotatable bonds is 2. The number of carbonyl (C=O) groups excluding carboxylic acids is 1. The first-order valence-corrected chi connectivity index (χ1v) is 3.66. The van der Waals surface area contributed by atoms with Gasteiger partial charge in [-0.1, -0.05) is 6.07 Å². The van der Waals surface area contributed by atoms with E-state index in [0.717, 1.165) is 5.69 Å². The number of nitrogens with zero attached hydrogens (tertiary/aromatic N) is 1. The number of hydrogen-bond donors (Lipinski definition) is 2. The van der Waals surface area contributed by atoms with Crippen LogP contribution in [0.2, 0.25) is 0 Å². The summed E-state index contributed by atoms with van der Waals surface area (Å²) in [6.07, 6.45) is 0. The van der Waals surface area contributed by atoms with E-state index in [-0.39, 0.29) is 37.3 Å². The van der Waals surface area contributed by atoms with Crippen molar-refractivity contribution in [2.75, 3.05) is 11.9 Å². The summed E-state index contributed by atoms with van der Waals surface area (Å²) in [6.45, 7) is 1.84. The highest BCUT2D eigenvalue weighted by Crippen LogP contribution is 2.02. The molecule has 4 nitrogen and oxygen atoms in total. The minimum absolute atomic E-state index is 0. The lowest BCUT2D eigenvalue weighted by atomic mass is 10.4. The van der Waals surface area contributed by atoms with Gasteiger partial charge in [-0.05, 0) is 19.1 Å². The van der Waals surface area contributed by atoms with E-state index < -0.39 is 0 Å². The Morgan fingerprint density at radius 3 is 2.64 bits per heavy atom. The van der Waals surface area contributed by atoms with Crippen LogP contribution in [0.5, 0.6) is 0 Å². The number of anilines is 1. The smallest absolute Gasteiger partial charge is 0.239 e. The second-order valence-corrected chi connectivity index (χ2v) is 2.42. The number of pyridine rings is 1. The van der Waals surface area contributed by atoms with Crippen LogP contribution >= 0.6 is 24.8 Å². The van der Waals surface area contributed by atoms with Crippen molar-refractivity contribution >= 4 is 36.5 Å². The predicted octanol–water partition coefficient (Wildman–Crippen LogP) is 1.13. The molecule has 0 spiro atoms. The summed E-state index contributed by atoms with van der Waals surface area (Å²) in [5.41, 5.74) is 5.98. The lowest BCUT2D eigenvalue weighted by Gasteiger charge is -2.01. The summed E-state index contributed by atoms with van der Waals surface area (Å²) in [6, 6.07) is 5.41. The van der Waals surface area contributed by atoms with Crippen molar-refractivity contribution in [1.29, 1.82) is 0 Å². The maximum atomic E-state index is 10.8. The van der Waals surface area contributed by atoms with Crippen molar-refractivity contribution in [3.05, 3.63) is 23.9 Å². The van der Waals surface area contributed by atoms with Crippen LogP contribution in [0.25, 0.3) is 0 Å². The Bertz CT molecular complexity index is 294. The Morgan fingerprint density at radius 2 is 2.14 bits per heavy atom. The van der Waals surface area contributed by atoms with Gasteiger partial charge in [-0.3, -0.25) is 4.79 Å². The normalized spacial score (nSPS) is 8.14. The van der Waals surface area contributed by atoms with Crippen LogP contribution < -0.4 is 11.1 Å². The number of nitrogens with one attached hydrogen (secondary N) is 1. The van der Waals surface area contributed by atoms with Gasteiger partial charge in [-0.2, -0.15) is 0 Å². The molecule has 1 heterocycles. The zero-order valence-corrected chi connectivity index (χ0v) is 9.32. The average molecular weight is 238 g/mol. The highest BCUT2D eigenvalue weighted by atomic mass is 35.5. The molecule has 0 aliphatic heterocycles. The van der Waals surface area contributed by atoms with Crippen molar-refractivity contribution in [3.8, 4) is 0 Å². The van der Waals surface area contributed by atoms with Crippen molar-refractivity contribution in [3.63, 3.8) is 0 Å². The van der Waals surface area contributed by atoms with Crippen molar-refractivity contribution < 1.29 is 4.79 Å². The van der Waals surface area contributed by atoms with E-state index >= 15 is 0 Å². The molecule has 0 bridgehead atoms. The topological polar surface area (TPSA) is 68.0 Å². The number of nitrogens with two attached hydrogens (primary N) is 1. The van der Waals surface area contributed by atoms with E-state index in [0.29, 0.717) is 5.82 Å². The third-order valence-electron chi connectivity index (χ3n) is 1.34. The minimum Gasteiger partial charge on any atom is -0.322 e. The minimum atomic E-state index is -0.229. The molecule has 0 saturated heterocycles. The quantitative estimate of drug-likeness (QED) is 0.811. The number of carbonyl (C=O) groups is 1. The monoisotopic (exact) mass is 237 g/mol. The second-order valence-electron chi connectivity index (χ2n) is 2.42. The Morgan fingerprint density at radius 1 is 1.50 bits per heavy atom. The number of aryl methyl sites for hydroxylation is 1. The molecular weight excluding hydrogens is 225 g/mol. The van der Waals surface area contributed by atoms with Gasteiger partial charge in [0.2, 0.25) is 5.91 Å². The number of hydrogen-bond acceptors (Lipinski definition) is 3. The van der Waals surface area contributed by atoms with Crippen LogP contribution in [0.3, 0.4) is 0 Å². The molecule has 0 unspecified atom stereocenters. The molecule has 1 amide bonds. The predicted molar refractivity (Wildman–Crippen MR) is 61.2 cm³/mol. The van der Waals surface area contributed by atoms with Crippen molar-refractivity contribution in [2.24, 2.45) is 5.73 Å². The van der Waals surface area contributed by atoms with Gasteiger partial charge in [0.1, 0.15) is 5.82 Å². The first kappa shape index (κ1) is 15.6. The number of aromatic nitrogens is 1. The van der Waals surface area contributed by atoms with Gasteiger partial charge in [-0.25, -0.2) is 4.98 Å². The summed E-state index contributed by atoms with van der Waals surface area (Å²) < 4.78 is 0. The standard InChI is InChI=1S/C8H11N3O.2ClH/c1-6-3-2-4-7(10-6)11-8(12)5-9;;/h2-4H,5,9H2,1H3,(H,10,11,12);2*1H. The van der Waals surface area contributed by atoms with Gasteiger partial charge in [0, 0.05) is 5.69 Å². The molecule has 6 heteroatoms. The van der Waals surface area contributed by atoms with E-state index in [9.17, 15) is 4.79 Å². The van der Waals surface area contributed by atoms with Crippen LogP contribution in [-0.2, 0) is 4.79 Å². The molecule has 3 N–H and O–H groups in total. The third kappa shape index (κ3) is 5.01. The van der Waals surface area contributed by atoms with Gasteiger partial charge >= 0.3 is 0 Å². The highest BCUT2D eigenvalue weighted by Gasteiger charge is 1.98. The van der Waals surface area contributed by atoms with E-state index in [2.05, 4.69) is 10.3 Å². The fourth-order valence-electron chi connectivity index (χ4n) is 0.807. The molecule has 14 heavy (non-hydrogen) atoms. The van der Waals surface area contributed by atoms with E-state index in [1.54, 1.807) is 6.07 Å². The molecule has 1 aromatic rings. The molecule has 0 aliphatic rings. The first-order valence-electron chi connectivity index (χ1n) is 3.66. The zero-order valence-electron chi connectivity index (χ0n) is 7.69. The van der Waals surface area contributed by atoms with Crippen LogP contribution in [-0.4, -0.2) is 17.4 Å². The Balaban J connectivity index is 0. The van der Waals surface area contributed by atoms with Crippen LogP contribution in [0.1, 0.15) is 5.69 Å². The molecule has 0 saturated carbocycles. The van der Waals surface area contributed by atoms with Crippen LogP contribution in [0.4, 0.5) is 5.82 Å².